The Morgan fingerprint density at radius 1 is 1.33 bits per heavy atom. The number of aliphatic hydroxyl groups excluding tert-OH is 1. The summed E-state index contributed by atoms with van der Waals surface area (Å²) in [4.78, 5) is 0. The molecular weight excluding hydrogens is 188 g/mol. The molecule has 0 fully saturated rings. The Balaban J connectivity index is 2.99. The molecule has 0 radical (unpaired) electrons. The van der Waals surface area contributed by atoms with Crippen LogP contribution in [-0.4, -0.2) is 18.3 Å². The molecule has 0 spiro atoms. The Kier molecular flexibility index (Phi) is 4.30. The van der Waals surface area contributed by atoms with Crippen LogP contribution in [0.15, 0.2) is 18.2 Å². The van der Waals surface area contributed by atoms with Crippen molar-refractivity contribution < 1.29 is 9.84 Å². The Labute approximate surface area is 91.9 Å². The minimum Gasteiger partial charge on any atom is -0.386 e. The van der Waals surface area contributed by atoms with Crippen molar-refractivity contribution in [1.29, 1.82) is 0 Å². The molecule has 0 bridgehead atoms. The standard InChI is InChI=1S/C13H20O2/c1-5-12(15-4)13(14)11-8-6-7-9(2)10(11)3/h6-8,12-14H,5H2,1-4H3. The van der Waals surface area contributed by atoms with Crippen molar-refractivity contribution >= 4 is 0 Å². The van der Waals surface area contributed by atoms with Crippen LogP contribution in [0.25, 0.3) is 0 Å². The lowest BCUT2D eigenvalue weighted by Gasteiger charge is -2.22. The topological polar surface area (TPSA) is 29.5 Å². The van der Waals surface area contributed by atoms with Gasteiger partial charge in [0.05, 0.1) is 6.10 Å². The molecule has 2 atom stereocenters. The lowest BCUT2D eigenvalue weighted by atomic mass is 9.95. The quantitative estimate of drug-likeness (QED) is 0.824. The largest absolute Gasteiger partial charge is 0.386 e. The fraction of sp³-hybridized carbons (Fsp3) is 0.538. The minimum absolute atomic E-state index is 0.120. The van der Waals surface area contributed by atoms with E-state index in [0.29, 0.717) is 0 Å². The summed E-state index contributed by atoms with van der Waals surface area (Å²) in [6.45, 7) is 6.11. The van der Waals surface area contributed by atoms with E-state index in [0.717, 1.165) is 17.5 Å². The summed E-state index contributed by atoms with van der Waals surface area (Å²) in [6, 6.07) is 6.00. The molecule has 1 aromatic carbocycles. The molecule has 2 unspecified atom stereocenters. The molecule has 15 heavy (non-hydrogen) atoms. The van der Waals surface area contributed by atoms with E-state index < -0.39 is 6.10 Å². The van der Waals surface area contributed by atoms with E-state index in [1.165, 1.54) is 5.56 Å². The maximum absolute atomic E-state index is 10.2. The number of methoxy groups -OCH3 is 1. The second-order valence-corrected chi connectivity index (χ2v) is 3.92. The van der Waals surface area contributed by atoms with Crippen molar-refractivity contribution in [2.45, 2.75) is 39.4 Å². The number of hydrogen-bond donors (Lipinski definition) is 1. The molecule has 2 nitrogen and oxygen atoms in total. The van der Waals surface area contributed by atoms with Crippen LogP contribution in [0.2, 0.25) is 0 Å². The van der Waals surface area contributed by atoms with Gasteiger partial charge in [0.25, 0.3) is 0 Å². The highest BCUT2D eigenvalue weighted by molar-refractivity contribution is 5.35. The van der Waals surface area contributed by atoms with Crippen molar-refractivity contribution in [1.82, 2.24) is 0 Å². The summed E-state index contributed by atoms with van der Waals surface area (Å²) in [5, 5.41) is 10.2. The third-order valence-corrected chi connectivity index (χ3v) is 3.02. The normalized spacial score (nSPS) is 15.0. The summed E-state index contributed by atoms with van der Waals surface area (Å²) >= 11 is 0. The van der Waals surface area contributed by atoms with Gasteiger partial charge in [0.1, 0.15) is 6.10 Å². The second-order valence-electron chi connectivity index (χ2n) is 3.92. The van der Waals surface area contributed by atoms with Crippen molar-refractivity contribution in [3.8, 4) is 0 Å². The SMILES string of the molecule is CCC(OC)C(O)c1cccc(C)c1C. The van der Waals surface area contributed by atoms with Gasteiger partial charge >= 0.3 is 0 Å². The third-order valence-electron chi connectivity index (χ3n) is 3.02. The maximum atomic E-state index is 10.2. The molecule has 1 rings (SSSR count). The van der Waals surface area contributed by atoms with Crippen molar-refractivity contribution in [3.63, 3.8) is 0 Å². The van der Waals surface area contributed by atoms with Gasteiger partial charge in [0.2, 0.25) is 0 Å². The van der Waals surface area contributed by atoms with Crippen molar-refractivity contribution in [3.05, 3.63) is 34.9 Å². The van der Waals surface area contributed by atoms with Crippen LogP contribution >= 0.6 is 0 Å². The molecule has 2 heteroatoms. The van der Waals surface area contributed by atoms with Crippen molar-refractivity contribution in [2.24, 2.45) is 0 Å². The summed E-state index contributed by atoms with van der Waals surface area (Å²) < 4.78 is 5.26. The smallest absolute Gasteiger partial charge is 0.105 e. The first-order valence-corrected chi connectivity index (χ1v) is 5.38. The average Bonchev–Trinajstić information content (AvgIpc) is 2.23. The molecule has 0 aliphatic rings. The van der Waals surface area contributed by atoms with Gasteiger partial charge in [0.15, 0.2) is 0 Å². The van der Waals surface area contributed by atoms with E-state index in [1.54, 1.807) is 7.11 Å². The average molecular weight is 208 g/mol. The molecule has 1 N–H and O–H groups in total. The molecule has 0 aliphatic carbocycles. The minimum atomic E-state index is -0.528. The highest BCUT2D eigenvalue weighted by Gasteiger charge is 2.20. The van der Waals surface area contributed by atoms with Crippen LogP contribution in [0, 0.1) is 13.8 Å². The number of benzene rings is 1. The van der Waals surface area contributed by atoms with E-state index in [1.807, 2.05) is 26.0 Å². The number of aryl methyl sites for hydroxylation is 1. The van der Waals surface area contributed by atoms with E-state index in [2.05, 4.69) is 13.0 Å². The molecule has 0 saturated heterocycles. The lowest BCUT2D eigenvalue weighted by Crippen LogP contribution is -2.20. The van der Waals surface area contributed by atoms with Gasteiger partial charge in [-0.3, -0.25) is 0 Å². The maximum Gasteiger partial charge on any atom is 0.105 e. The first kappa shape index (κ1) is 12.2. The molecule has 1 aromatic rings. The number of ether oxygens (including phenoxy) is 1. The second kappa shape index (κ2) is 5.29. The third kappa shape index (κ3) is 2.58. The zero-order chi connectivity index (χ0) is 11.4. The zero-order valence-corrected chi connectivity index (χ0v) is 9.95. The molecule has 0 aliphatic heterocycles. The van der Waals surface area contributed by atoms with Gasteiger partial charge in [-0.1, -0.05) is 25.1 Å². The summed E-state index contributed by atoms with van der Waals surface area (Å²) in [6.07, 6.45) is 0.163. The van der Waals surface area contributed by atoms with Gasteiger partial charge in [-0.2, -0.15) is 0 Å². The fourth-order valence-electron chi connectivity index (χ4n) is 1.81. The molecule has 0 aromatic heterocycles. The Hall–Kier alpha value is -0.860. The van der Waals surface area contributed by atoms with Gasteiger partial charge in [-0.05, 0) is 37.0 Å². The number of hydrogen-bond acceptors (Lipinski definition) is 2. The lowest BCUT2D eigenvalue weighted by molar-refractivity contribution is -0.0151. The van der Waals surface area contributed by atoms with Crippen LogP contribution < -0.4 is 0 Å². The van der Waals surface area contributed by atoms with Crippen LogP contribution in [0.3, 0.4) is 0 Å². The first-order valence-electron chi connectivity index (χ1n) is 5.38. The van der Waals surface area contributed by atoms with Crippen LogP contribution in [0.4, 0.5) is 0 Å². The van der Waals surface area contributed by atoms with Gasteiger partial charge in [-0.15, -0.1) is 0 Å². The molecule has 0 amide bonds. The van der Waals surface area contributed by atoms with Gasteiger partial charge in [-0.25, -0.2) is 0 Å². The zero-order valence-electron chi connectivity index (χ0n) is 9.95. The number of rotatable bonds is 4. The van der Waals surface area contributed by atoms with Gasteiger partial charge in [0, 0.05) is 7.11 Å². The highest BCUT2D eigenvalue weighted by Crippen LogP contribution is 2.25. The highest BCUT2D eigenvalue weighted by atomic mass is 16.5. The molecule has 0 heterocycles. The Morgan fingerprint density at radius 3 is 2.53 bits per heavy atom. The molecular formula is C13H20O2. The first-order chi connectivity index (χ1) is 7.11. The van der Waals surface area contributed by atoms with Crippen LogP contribution in [-0.2, 0) is 4.74 Å². The summed E-state index contributed by atoms with van der Waals surface area (Å²) in [5.74, 6) is 0. The van der Waals surface area contributed by atoms with Gasteiger partial charge < -0.3 is 9.84 Å². The Bertz CT molecular complexity index is 316. The van der Waals surface area contributed by atoms with E-state index in [9.17, 15) is 5.11 Å². The molecule has 84 valence electrons. The monoisotopic (exact) mass is 208 g/mol. The summed E-state index contributed by atoms with van der Waals surface area (Å²) in [7, 11) is 1.64. The number of aliphatic hydroxyl groups is 1. The predicted molar refractivity (Wildman–Crippen MR) is 62.0 cm³/mol. The fourth-order valence-corrected chi connectivity index (χ4v) is 1.81. The van der Waals surface area contributed by atoms with E-state index in [4.69, 9.17) is 4.74 Å². The van der Waals surface area contributed by atoms with E-state index >= 15 is 0 Å². The predicted octanol–water partition coefficient (Wildman–Crippen LogP) is 2.76. The van der Waals surface area contributed by atoms with Crippen LogP contribution in [0.5, 0.6) is 0 Å². The molecule has 0 saturated carbocycles. The van der Waals surface area contributed by atoms with E-state index in [-0.39, 0.29) is 6.10 Å². The van der Waals surface area contributed by atoms with Crippen molar-refractivity contribution in [2.75, 3.05) is 7.11 Å². The Morgan fingerprint density at radius 2 is 2.00 bits per heavy atom. The summed E-state index contributed by atoms with van der Waals surface area (Å²) in [5.41, 5.74) is 3.33. The van der Waals surface area contributed by atoms with Crippen LogP contribution in [0.1, 0.15) is 36.1 Å².